The van der Waals surface area contributed by atoms with Crippen molar-refractivity contribution < 1.29 is 8.94 Å². The van der Waals surface area contributed by atoms with E-state index in [1.807, 2.05) is 19.1 Å². The van der Waals surface area contributed by atoms with Gasteiger partial charge in [0, 0.05) is 11.3 Å². The van der Waals surface area contributed by atoms with E-state index in [0.29, 0.717) is 28.9 Å². The van der Waals surface area contributed by atoms with Gasteiger partial charge in [-0.25, -0.2) is 4.98 Å². The summed E-state index contributed by atoms with van der Waals surface area (Å²) in [5.41, 5.74) is 7.85. The number of hydrogen-bond acceptors (Lipinski definition) is 6. The minimum absolute atomic E-state index is 0.308. The molecule has 90 valence electrons. The van der Waals surface area contributed by atoms with Crippen LogP contribution in [-0.2, 0) is 0 Å². The summed E-state index contributed by atoms with van der Waals surface area (Å²) in [4.78, 5) is 8.23. The topological polar surface area (TPSA) is 91.0 Å². The molecule has 0 saturated heterocycles. The molecule has 3 rings (SSSR count). The van der Waals surface area contributed by atoms with Crippen LogP contribution in [0.5, 0.6) is 0 Å². The Morgan fingerprint density at radius 3 is 2.89 bits per heavy atom. The number of aryl methyl sites for hydroxylation is 1. The summed E-state index contributed by atoms with van der Waals surface area (Å²) in [5, 5.41) is 3.90. The number of nitrogen functional groups attached to an aromatic ring is 1. The normalized spacial score (nSPS) is 10.7. The Morgan fingerprint density at radius 2 is 2.17 bits per heavy atom. The lowest BCUT2D eigenvalue weighted by Crippen LogP contribution is -1.86. The van der Waals surface area contributed by atoms with Crippen molar-refractivity contribution in [2.75, 3.05) is 5.73 Å². The largest absolute Gasteiger partial charge is 0.438 e. The summed E-state index contributed by atoms with van der Waals surface area (Å²) in [7, 11) is 0. The third-order valence-electron chi connectivity index (χ3n) is 2.51. The Bertz CT molecular complexity index is 687. The number of hydrogen-bond donors (Lipinski definition) is 1. The third kappa shape index (κ3) is 1.73. The molecule has 2 heterocycles. The van der Waals surface area contributed by atoms with Crippen molar-refractivity contribution in [1.82, 2.24) is 15.1 Å². The van der Waals surface area contributed by atoms with E-state index in [9.17, 15) is 0 Å². The molecule has 0 spiro atoms. The third-order valence-corrected chi connectivity index (χ3v) is 2.51. The Hall–Kier alpha value is -2.63. The summed E-state index contributed by atoms with van der Waals surface area (Å²) < 4.78 is 10.3. The molecule has 0 bridgehead atoms. The van der Waals surface area contributed by atoms with Crippen LogP contribution in [0.3, 0.4) is 0 Å². The van der Waals surface area contributed by atoms with E-state index in [-0.39, 0.29) is 0 Å². The van der Waals surface area contributed by atoms with E-state index in [1.165, 1.54) is 6.39 Å². The fraction of sp³-hybridized carbons (Fsp3) is 0.0833. The fourth-order valence-electron chi connectivity index (χ4n) is 1.62. The van der Waals surface area contributed by atoms with E-state index in [1.54, 1.807) is 12.1 Å². The van der Waals surface area contributed by atoms with Gasteiger partial charge in [-0.15, -0.1) is 0 Å². The molecule has 0 aliphatic carbocycles. The van der Waals surface area contributed by atoms with Gasteiger partial charge in [0.2, 0.25) is 11.6 Å². The molecule has 18 heavy (non-hydrogen) atoms. The maximum Gasteiger partial charge on any atom is 0.295 e. The van der Waals surface area contributed by atoms with Gasteiger partial charge in [0.25, 0.3) is 5.89 Å². The molecule has 0 aliphatic heterocycles. The first-order valence-corrected chi connectivity index (χ1v) is 5.34. The summed E-state index contributed by atoms with van der Waals surface area (Å²) in [6.45, 7) is 1.81. The van der Waals surface area contributed by atoms with Crippen LogP contribution in [0.15, 0.2) is 39.6 Å². The number of rotatable bonds is 2. The molecular weight excluding hydrogens is 232 g/mol. The fourth-order valence-corrected chi connectivity index (χ4v) is 1.62. The molecule has 6 nitrogen and oxygen atoms in total. The van der Waals surface area contributed by atoms with Crippen molar-refractivity contribution in [3.8, 4) is 23.0 Å². The molecule has 6 heteroatoms. The van der Waals surface area contributed by atoms with Crippen molar-refractivity contribution in [1.29, 1.82) is 0 Å². The van der Waals surface area contributed by atoms with Crippen molar-refractivity contribution in [3.63, 3.8) is 0 Å². The molecule has 0 amide bonds. The zero-order valence-electron chi connectivity index (χ0n) is 9.62. The quantitative estimate of drug-likeness (QED) is 0.693. The smallest absolute Gasteiger partial charge is 0.295 e. The molecule has 0 unspecified atom stereocenters. The van der Waals surface area contributed by atoms with E-state index in [0.717, 1.165) is 5.56 Å². The van der Waals surface area contributed by atoms with Crippen LogP contribution in [0.2, 0.25) is 0 Å². The number of nitrogens with two attached hydrogens (primary N) is 1. The van der Waals surface area contributed by atoms with Gasteiger partial charge in [0.15, 0.2) is 6.39 Å². The van der Waals surface area contributed by atoms with Crippen LogP contribution in [0.4, 0.5) is 5.69 Å². The minimum atomic E-state index is 0.308. The minimum Gasteiger partial charge on any atom is -0.438 e. The van der Waals surface area contributed by atoms with E-state index < -0.39 is 0 Å². The summed E-state index contributed by atoms with van der Waals surface area (Å²) in [6, 6.07) is 7.27. The predicted octanol–water partition coefficient (Wildman–Crippen LogP) is 2.28. The van der Waals surface area contributed by atoms with Crippen LogP contribution in [0.25, 0.3) is 23.0 Å². The highest BCUT2D eigenvalue weighted by Gasteiger charge is 2.16. The monoisotopic (exact) mass is 242 g/mol. The number of anilines is 1. The molecule has 0 fully saturated rings. The second kappa shape index (κ2) is 3.99. The van der Waals surface area contributed by atoms with Crippen LogP contribution in [0, 0.1) is 6.92 Å². The van der Waals surface area contributed by atoms with Gasteiger partial charge in [-0.1, -0.05) is 17.3 Å². The van der Waals surface area contributed by atoms with Crippen molar-refractivity contribution in [2.45, 2.75) is 6.92 Å². The maximum atomic E-state index is 5.71. The predicted molar refractivity (Wildman–Crippen MR) is 64.4 cm³/mol. The van der Waals surface area contributed by atoms with E-state index in [2.05, 4.69) is 15.1 Å². The van der Waals surface area contributed by atoms with Gasteiger partial charge in [-0.3, -0.25) is 0 Å². The molecule has 2 aromatic heterocycles. The van der Waals surface area contributed by atoms with Crippen LogP contribution in [-0.4, -0.2) is 15.1 Å². The van der Waals surface area contributed by atoms with Gasteiger partial charge in [-0.2, -0.15) is 4.98 Å². The molecule has 3 aromatic rings. The number of oxazole rings is 1. The standard InChI is InChI=1S/C12H10N4O2/c1-7-10(17-6-14-7)12-15-11(16-18-12)8-3-2-4-9(13)5-8/h2-6H,13H2,1H3. The highest BCUT2D eigenvalue weighted by Crippen LogP contribution is 2.24. The Labute approximate surface area is 102 Å². The van der Waals surface area contributed by atoms with Crippen molar-refractivity contribution in [2.24, 2.45) is 0 Å². The first-order valence-electron chi connectivity index (χ1n) is 5.34. The molecule has 0 radical (unpaired) electrons. The molecule has 0 saturated carbocycles. The number of nitrogens with zero attached hydrogens (tertiary/aromatic N) is 3. The molecule has 1 aromatic carbocycles. The summed E-state index contributed by atoms with van der Waals surface area (Å²) in [6.07, 6.45) is 1.34. The van der Waals surface area contributed by atoms with Gasteiger partial charge < -0.3 is 14.7 Å². The lowest BCUT2D eigenvalue weighted by atomic mass is 10.2. The summed E-state index contributed by atoms with van der Waals surface area (Å²) >= 11 is 0. The Kier molecular flexibility index (Phi) is 2.33. The first kappa shape index (κ1) is 10.5. The Balaban J connectivity index is 2.02. The first-order chi connectivity index (χ1) is 8.74. The van der Waals surface area contributed by atoms with Crippen molar-refractivity contribution in [3.05, 3.63) is 36.4 Å². The molecule has 2 N–H and O–H groups in total. The van der Waals surface area contributed by atoms with Gasteiger partial charge in [0.05, 0.1) is 5.69 Å². The Morgan fingerprint density at radius 1 is 1.28 bits per heavy atom. The second-order valence-electron chi connectivity index (χ2n) is 3.82. The van der Waals surface area contributed by atoms with Crippen LogP contribution < -0.4 is 5.73 Å². The summed E-state index contributed by atoms with van der Waals surface area (Å²) in [5.74, 6) is 1.26. The van der Waals surface area contributed by atoms with E-state index >= 15 is 0 Å². The zero-order chi connectivity index (χ0) is 12.5. The van der Waals surface area contributed by atoms with Gasteiger partial charge in [-0.05, 0) is 19.1 Å². The highest BCUT2D eigenvalue weighted by atomic mass is 16.5. The highest BCUT2D eigenvalue weighted by molar-refractivity contribution is 5.62. The van der Waals surface area contributed by atoms with Crippen LogP contribution >= 0.6 is 0 Å². The van der Waals surface area contributed by atoms with Crippen LogP contribution in [0.1, 0.15) is 5.69 Å². The van der Waals surface area contributed by atoms with Gasteiger partial charge >= 0.3 is 0 Å². The van der Waals surface area contributed by atoms with E-state index in [4.69, 9.17) is 14.7 Å². The molecule has 0 aliphatic rings. The zero-order valence-corrected chi connectivity index (χ0v) is 9.62. The average molecular weight is 242 g/mol. The van der Waals surface area contributed by atoms with Crippen molar-refractivity contribution >= 4 is 5.69 Å². The lowest BCUT2D eigenvalue weighted by molar-refractivity contribution is 0.416. The number of benzene rings is 1. The molecular formula is C12H10N4O2. The lowest BCUT2D eigenvalue weighted by Gasteiger charge is -1.95. The second-order valence-corrected chi connectivity index (χ2v) is 3.82. The maximum absolute atomic E-state index is 5.71. The number of aromatic nitrogens is 3. The van der Waals surface area contributed by atoms with Gasteiger partial charge in [0.1, 0.15) is 0 Å². The average Bonchev–Trinajstić information content (AvgIpc) is 2.97. The molecule has 0 atom stereocenters. The SMILES string of the molecule is Cc1ncoc1-c1nc(-c2cccc(N)c2)no1.